The first-order chi connectivity index (χ1) is 10.6. The van der Waals surface area contributed by atoms with E-state index in [-0.39, 0.29) is 11.5 Å². The number of nitrogens with zero attached hydrogens (tertiary/aromatic N) is 2. The van der Waals surface area contributed by atoms with E-state index in [0.29, 0.717) is 11.4 Å². The molecule has 1 aromatic carbocycles. The van der Waals surface area contributed by atoms with Crippen LogP contribution in [0.1, 0.15) is 12.6 Å². The number of anilines is 1. The number of nitrogens with one attached hydrogen (secondary N) is 1. The zero-order valence-electron chi connectivity index (χ0n) is 12.9. The molecule has 114 valence electrons. The smallest absolute Gasteiger partial charge is 0.295 e. The maximum atomic E-state index is 12.6. The Bertz CT molecular complexity index is 780. The molecule has 0 saturated heterocycles. The Morgan fingerprint density at radius 1 is 1.18 bits per heavy atom. The second kappa shape index (κ2) is 6.76. The minimum atomic E-state index is -0.330. The van der Waals surface area contributed by atoms with Crippen molar-refractivity contribution in [3.63, 3.8) is 0 Å². The van der Waals surface area contributed by atoms with Gasteiger partial charge >= 0.3 is 0 Å². The predicted octanol–water partition coefficient (Wildman–Crippen LogP) is 2.56. The van der Waals surface area contributed by atoms with Crippen molar-refractivity contribution in [3.8, 4) is 5.69 Å². The molecule has 1 N–H and O–H groups in total. The van der Waals surface area contributed by atoms with Crippen LogP contribution < -0.4 is 10.9 Å². The quantitative estimate of drug-likeness (QED) is 0.696. The van der Waals surface area contributed by atoms with Gasteiger partial charge in [-0.2, -0.15) is 0 Å². The van der Waals surface area contributed by atoms with Crippen molar-refractivity contribution in [1.29, 1.82) is 0 Å². The van der Waals surface area contributed by atoms with Crippen LogP contribution in [0.5, 0.6) is 0 Å². The maximum absolute atomic E-state index is 12.6. The Hall–Kier alpha value is -2.82. The standard InChI is InChI=1S/C17H19N3O2/c1-4-5-7-12-15(21)18-16-13(2)19(3)20(17(16)22)14-10-8-6-9-11-14/h4-12H,1-3H3,(H,18,21)/b5-4+,12-7+. The highest BCUT2D eigenvalue weighted by Gasteiger charge is 2.16. The number of aromatic nitrogens is 2. The lowest BCUT2D eigenvalue weighted by Gasteiger charge is -2.07. The first-order valence-corrected chi connectivity index (χ1v) is 7.00. The summed E-state index contributed by atoms with van der Waals surface area (Å²) in [4.78, 5) is 24.4. The summed E-state index contributed by atoms with van der Waals surface area (Å²) in [5.41, 5.74) is 1.49. The van der Waals surface area contributed by atoms with Crippen LogP contribution in [0.25, 0.3) is 5.69 Å². The molecule has 1 heterocycles. The molecule has 1 amide bonds. The largest absolute Gasteiger partial charge is 0.316 e. The highest BCUT2D eigenvalue weighted by atomic mass is 16.2. The molecule has 0 fully saturated rings. The molecule has 0 aliphatic heterocycles. The number of amides is 1. The lowest BCUT2D eigenvalue weighted by atomic mass is 10.3. The molecule has 5 heteroatoms. The molecular formula is C17H19N3O2. The summed E-state index contributed by atoms with van der Waals surface area (Å²) in [7, 11) is 1.79. The molecule has 0 saturated carbocycles. The van der Waals surface area contributed by atoms with Crippen molar-refractivity contribution >= 4 is 11.6 Å². The molecule has 0 bridgehead atoms. The minimum absolute atomic E-state index is 0.251. The summed E-state index contributed by atoms with van der Waals surface area (Å²) < 4.78 is 3.25. The number of para-hydroxylation sites is 1. The van der Waals surface area contributed by atoms with Crippen LogP contribution in [-0.2, 0) is 11.8 Å². The molecular weight excluding hydrogens is 278 g/mol. The van der Waals surface area contributed by atoms with E-state index in [4.69, 9.17) is 0 Å². The predicted molar refractivity (Wildman–Crippen MR) is 88.3 cm³/mol. The second-order valence-electron chi connectivity index (χ2n) is 4.81. The average Bonchev–Trinajstić information content (AvgIpc) is 2.72. The Labute approximate surface area is 129 Å². The van der Waals surface area contributed by atoms with Crippen molar-refractivity contribution in [2.24, 2.45) is 7.05 Å². The molecule has 2 aromatic rings. The Kier molecular flexibility index (Phi) is 4.78. The fraction of sp³-hybridized carbons (Fsp3) is 0.176. The second-order valence-corrected chi connectivity index (χ2v) is 4.81. The number of hydrogen-bond donors (Lipinski definition) is 1. The van der Waals surface area contributed by atoms with Crippen LogP contribution >= 0.6 is 0 Å². The van der Waals surface area contributed by atoms with Crippen LogP contribution in [0.2, 0.25) is 0 Å². The van der Waals surface area contributed by atoms with Crippen LogP contribution in [0.15, 0.2) is 59.4 Å². The summed E-state index contributed by atoms with van der Waals surface area (Å²) in [5.74, 6) is -0.330. The first-order valence-electron chi connectivity index (χ1n) is 7.00. The van der Waals surface area contributed by atoms with E-state index in [1.54, 1.807) is 30.8 Å². The molecule has 0 atom stereocenters. The van der Waals surface area contributed by atoms with Crippen LogP contribution in [0, 0.1) is 6.92 Å². The zero-order chi connectivity index (χ0) is 16.1. The van der Waals surface area contributed by atoms with E-state index in [2.05, 4.69) is 5.32 Å². The average molecular weight is 297 g/mol. The molecule has 2 rings (SSSR count). The third-order valence-electron chi connectivity index (χ3n) is 3.35. The number of carbonyl (C=O) groups is 1. The number of allylic oxidation sites excluding steroid dienone is 3. The van der Waals surface area contributed by atoms with Gasteiger partial charge in [-0.05, 0) is 26.0 Å². The number of rotatable bonds is 4. The van der Waals surface area contributed by atoms with Gasteiger partial charge < -0.3 is 5.32 Å². The lowest BCUT2D eigenvalue weighted by Crippen LogP contribution is -2.22. The van der Waals surface area contributed by atoms with Crippen LogP contribution in [0.3, 0.4) is 0 Å². The SMILES string of the molecule is C/C=C/C=C/C(=O)Nc1c(C)n(C)n(-c2ccccc2)c1=O. The van der Waals surface area contributed by atoms with Gasteiger partial charge in [-0.25, -0.2) is 4.68 Å². The molecule has 0 spiro atoms. The molecule has 0 unspecified atom stereocenters. The summed E-state index contributed by atoms with van der Waals surface area (Å²) in [6.07, 6.45) is 6.59. The topological polar surface area (TPSA) is 56.0 Å². The highest BCUT2D eigenvalue weighted by molar-refractivity contribution is 5.99. The van der Waals surface area contributed by atoms with Crippen LogP contribution in [0.4, 0.5) is 5.69 Å². The van der Waals surface area contributed by atoms with Gasteiger partial charge in [-0.15, -0.1) is 0 Å². The zero-order valence-corrected chi connectivity index (χ0v) is 12.9. The first kappa shape index (κ1) is 15.6. The molecule has 0 aliphatic rings. The van der Waals surface area contributed by atoms with Gasteiger partial charge in [0.05, 0.1) is 11.4 Å². The van der Waals surface area contributed by atoms with Crippen molar-refractivity contribution in [1.82, 2.24) is 9.36 Å². The van der Waals surface area contributed by atoms with E-state index >= 15 is 0 Å². The Morgan fingerprint density at radius 3 is 2.50 bits per heavy atom. The summed E-state index contributed by atoms with van der Waals surface area (Å²) >= 11 is 0. The molecule has 0 radical (unpaired) electrons. The summed E-state index contributed by atoms with van der Waals surface area (Å²) in [5, 5.41) is 2.65. The van der Waals surface area contributed by atoms with Gasteiger partial charge in [-0.3, -0.25) is 14.3 Å². The van der Waals surface area contributed by atoms with Gasteiger partial charge in [-0.1, -0.05) is 36.4 Å². The number of carbonyl (C=O) groups excluding carboxylic acids is 1. The third-order valence-corrected chi connectivity index (χ3v) is 3.35. The molecule has 1 aromatic heterocycles. The molecule has 5 nitrogen and oxygen atoms in total. The van der Waals surface area contributed by atoms with Gasteiger partial charge in [0, 0.05) is 13.1 Å². The van der Waals surface area contributed by atoms with Crippen molar-refractivity contribution in [3.05, 3.63) is 70.7 Å². The fourth-order valence-corrected chi connectivity index (χ4v) is 2.13. The number of benzene rings is 1. The van der Waals surface area contributed by atoms with E-state index < -0.39 is 0 Å². The highest BCUT2D eigenvalue weighted by Crippen LogP contribution is 2.13. The van der Waals surface area contributed by atoms with Crippen molar-refractivity contribution < 1.29 is 4.79 Å². The van der Waals surface area contributed by atoms with Gasteiger partial charge in [0.15, 0.2) is 0 Å². The van der Waals surface area contributed by atoms with E-state index in [1.165, 1.54) is 10.8 Å². The Morgan fingerprint density at radius 2 is 1.86 bits per heavy atom. The van der Waals surface area contributed by atoms with Gasteiger partial charge in [0.25, 0.3) is 5.56 Å². The molecule has 0 aliphatic carbocycles. The van der Waals surface area contributed by atoms with E-state index in [0.717, 1.165) is 5.69 Å². The van der Waals surface area contributed by atoms with E-state index in [9.17, 15) is 9.59 Å². The monoisotopic (exact) mass is 297 g/mol. The minimum Gasteiger partial charge on any atom is -0.316 e. The van der Waals surface area contributed by atoms with Gasteiger partial charge in [0.1, 0.15) is 5.69 Å². The third kappa shape index (κ3) is 3.09. The van der Waals surface area contributed by atoms with E-state index in [1.807, 2.05) is 43.3 Å². The number of hydrogen-bond acceptors (Lipinski definition) is 2. The fourth-order valence-electron chi connectivity index (χ4n) is 2.13. The normalized spacial score (nSPS) is 11.4. The maximum Gasteiger partial charge on any atom is 0.295 e. The van der Waals surface area contributed by atoms with Gasteiger partial charge in [0.2, 0.25) is 5.91 Å². The van der Waals surface area contributed by atoms with Crippen LogP contribution in [-0.4, -0.2) is 15.3 Å². The summed E-state index contributed by atoms with van der Waals surface area (Å²) in [6.45, 7) is 3.66. The van der Waals surface area contributed by atoms with Crippen molar-refractivity contribution in [2.45, 2.75) is 13.8 Å². The summed E-state index contributed by atoms with van der Waals surface area (Å²) in [6, 6.07) is 9.31. The lowest BCUT2D eigenvalue weighted by molar-refractivity contribution is -0.111. The Balaban J connectivity index is 2.39. The molecule has 22 heavy (non-hydrogen) atoms. The van der Waals surface area contributed by atoms with Crippen molar-refractivity contribution in [2.75, 3.05) is 5.32 Å².